The number of aromatic nitrogens is 2. The molecule has 1 aromatic rings. The molecule has 4 nitrogen and oxygen atoms in total. The molecule has 1 heterocycles. The average molecular weight is 313 g/mol. The Morgan fingerprint density at radius 1 is 1.22 bits per heavy atom. The summed E-state index contributed by atoms with van der Waals surface area (Å²) < 4.78 is 0.936. The van der Waals surface area contributed by atoms with Crippen molar-refractivity contribution in [3.8, 4) is 0 Å². The first kappa shape index (κ1) is 13.6. The Morgan fingerprint density at radius 3 is 2.44 bits per heavy atom. The van der Waals surface area contributed by atoms with Crippen LogP contribution in [-0.4, -0.2) is 23.1 Å². The molecule has 1 aliphatic rings. The molecule has 0 atom stereocenters. The van der Waals surface area contributed by atoms with Crippen LogP contribution in [0.4, 0.5) is 11.6 Å². The van der Waals surface area contributed by atoms with E-state index in [0.717, 1.165) is 35.6 Å². The van der Waals surface area contributed by atoms with E-state index in [1.54, 1.807) is 6.33 Å². The Kier molecular flexibility index (Phi) is 4.43. The highest BCUT2D eigenvalue weighted by Crippen LogP contribution is 2.48. The van der Waals surface area contributed by atoms with E-state index in [9.17, 15) is 0 Å². The van der Waals surface area contributed by atoms with Gasteiger partial charge < -0.3 is 10.6 Å². The molecule has 18 heavy (non-hydrogen) atoms. The van der Waals surface area contributed by atoms with Gasteiger partial charge in [-0.05, 0) is 47.0 Å². The van der Waals surface area contributed by atoms with Crippen LogP contribution >= 0.6 is 15.9 Å². The molecular formula is C13H21BrN4. The van der Waals surface area contributed by atoms with Gasteiger partial charge in [0, 0.05) is 13.1 Å². The molecule has 2 rings (SSSR count). The smallest absolute Gasteiger partial charge is 0.145 e. The van der Waals surface area contributed by atoms with Gasteiger partial charge in [-0.2, -0.15) is 0 Å². The number of hydrogen-bond acceptors (Lipinski definition) is 4. The first-order valence-electron chi connectivity index (χ1n) is 6.69. The normalized spacial score (nSPS) is 16.4. The molecule has 5 heteroatoms. The molecule has 1 aromatic heterocycles. The van der Waals surface area contributed by atoms with Crippen LogP contribution in [0.25, 0.3) is 0 Å². The molecule has 0 aliphatic heterocycles. The van der Waals surface area contributed by atoms with E-state index in [4.69, 9.17) is 0 Å². The molecule has 1 aliphatic carbocycles. The highest BCUT2D eigenvalue weighted by molar-refractivity contribution is 9.10. The van der Waals surface area contributed by atoms with E-state index in [1.807, 2.05) is 0 Å². The van der Waals surface area contributed by atoms with Crippen LogP contribution in [0.1, 0.15) is 39.5 Å². The lowest BCUT2D eigenvalue weighted by Gasteiger charge is -2.16. The van der Waals surface area contributed by atoms with Crippen LogP contribution in [0.3, 0.4) is 0 Å². The minimum atomic E-state index is 0.515. The summed E-state index contributed by atoms with van der Waals surface area (Å²) in [6.07, 6.45) is 6.60. The molecular weight excluding hydrogens is 292 g/mol. The van der Waals surface area contributed by atoms with Gasteiger partial charge in [0.05, 0.1) is 0 Å². The Balaban J connectivity index is 1.99. The van der Waals surface area contributed by atoms with Crippen LogP contribution in [0, 0.1) is 5.41 Å². The summed E-state index contributed by atoms with van der Waals surface area (Å²) in [5, 5.41) is 6.74. The third kappa shape index (κ3) is 3.13. The Morgan fingerprint density at radius 2 is 1.89 bits per heavy atom. The number of nitrogens with one attached hydrogen (secondary N) is 2. The quantitative estimate of drug-likeness (QED) is 0.806. The molecule has 1 fully saturated rings. The van der Waals surface area contributed by atoms with Crippen molar-refractivity contribution < 1.29 is 0 Å². The topological polar surface area (TPSA) is 49.8 Å². The zero-order chi connectivity index (χ0) is 13.0. The second kappa shape index (κ2) is 5.87. The van der Waals surface area contributed by atoms with E-state index in [2.05, 4.69) is 50.4 Å². The van der Waals surface area contributed by atoms with Gasteiger partial charge in [-0.15, -0.1) is 0 Å². The highest BCUT2D eigenvalue weighted by atomic mass is 79.9. The highest BCUT2D eigenvalue weighted by Gasteiger charge is 2.40. The van der Waals surface area contributed by atoms with Crippen molar-refractivity contribution in [2.75, 3.05) is 23.7 Å². The van der Waals surface area contributed by atoms with Crippen LogP contribution in [0.15, 0.2) is 10.8 Å². The minimum Gasteiger partial charge on any atom is -0.369 e. The molecule has 0 bridgehead atoms. The van der Waals surface area contributed by atoms with Crippen molar-refractivity contribution in [3.63, 3.8) is 0 Å². The van der Waals surface area contributed by atoms with Crippen molar-refractivity contribution in [1.29, 1.82) is 0 Å². The maximum absolute atomic E-state index is 4.30. The minimum absolute atomic E-state index is 0.515. The molecule has 0 amide bonds. The number of hydrogen-bond donors (Lipinski definition) is 2. The fourth-order valence-corrected chi connectivity index (χ4v) is 2.45. The van der Waals surface area contributed by atoms with Crippen molar-refractivity contribution in [2.45, 2.75) is 39.5 Å². The second-order valence-corrected chi connectivity index (χ2v) is 5.81. The maximum atomic E-state index is 4.30. The summed E-state index contributed by atoms with van der Waals surface area (Å²) in [5.41, 5.74) is 0.515. The molecule has 2 N–H and O–H groups in total. The third-order valence-electron chi connectivity index (χ3n) is 3.67. The lowest BCUT2D eigenvalue weighted by Crippen LogP contribution is -2.16. The number of anilines is 2. The lowest BCUT2D eigenvalue weighted by atomic mass is 10.0. The molecule has 0 spiro atoms. The Hall–Kier alpha value is -0.840. The predicted octanol–water partition coefficient (Wildman–Crippen LogP) is 3.66. The van der Waals surface area contributed by atoms with Crippen molar-refractivity contribution in [2.24, 2.45) is 5.41 Å². The summed E-state index contributed by atoms with van der Waals surface area (Å²) in [6.45, 7) is 6.33. The van der Waals surface area contributed by atoms with Gasteiger partial charge in [-0.25, -0.2) is 9.97 Å². The fourth-order valence-electron chi connectivity index (χ4n) is 1.96. The van der Waals surface area contributed by atoms with Crippen LogP contribution in [0.2, 0.25) is 0 Å². The van der Waals surface area contributed by atoms with Crippen LogP contribution in [0.5, 0.6) is 0 Å². The van der Waals surface area contributed by atoms with Gasteiger partial charge in [0.15, 0.2) is 0 Å². The van der Waals surface area contributed by atoms with Crippen molar-refractivity contribution in [1.82, 2.24) is 9.97 Å². The number of rotatable bonds is 7. The van der Waals surface area contributed by atoms with E-state index in [0.29, 0.717) is 5.41 Å². The van der Waals surface area contributed by atoms with E-state index in [-0.39, 0.29) is 0 Å². The first-order chi connectivity index (χ1) is 8.71. The van der Waals surface area contributed by atoms with Gasteiger partial charge in [0.2, 0.25) is 0 Å². The SMILES string of the molecule is CCCNc1ncnc(NCC2(CC)CC2)c1Br. The first-order valence-corrected chi connectivity index (χ1v) is 7.48. The van der Waals surface area contributed by atoms with Gasteiger partial charge >= 0.3 is 0 Å². The van der Waals surface area contributed by atoms with Gasteiger partial charge in [0.1, 0.15) is 22.4 Å². The molecule has 0 unspecified atom stereocenters. The molecule has 1 saturated carbocycles. The molecule has 100 valence electrons. The summed E-state index contributed by atoms with van der Waals surface area (Å²) >= 11 is 3.57. The van der Waals surface area contributed by atoms with Crippen LogP contribution in [-0.2, 0) is 0 Å². The van der Waals surface area contributed by atoms with E-state index < -0.39 is 0 Å². The van der Waals surface area contributed by atoms with Gasteiger partial charge in [-0.1, -0.05) is 13.8 Å². The molecule has 0 aromatic carbocycles. The summed E-state index contributed by atoms with van der Waals surface area (Å²) in [6, 6.07) is 0. The van der Waals surface area contributed by atoms with E-state index in [1.165, 1.54) is 19.3 Å². The standard InChI is InChI=1S/C13H21BrN4/c1-3-7-15-11-10(14)12(18-9-17-11)16-8-13(4-2)5-6-13/h9H,3-8H2,1-2H3,(H2,15,16,17,18). The van der Waals surface area contributed by atoms with Gasteiger partial charge in [0.25, 0.3) is 0 Å². The number of nitrogens with zero attached hydrogens (tertiary/aromatic N) is 2. The number of halogens is 1. The monoisotopic (exact) mass is 312 g/mol. The Bertz CT molecular complexity index is 404. The zero-order valence-electron chi connectivity index (χ0n) is 11.1. The summed E-state index contributed by atoms with van der Waals surface area (Å²) in [5.74, 6) is 1.76. The zero-order valence-corrected chi connectivity index (χ0v) is 12.7. The second-order valence-electron chi connectivity index (χ2n) is 5.02. The summed E-state index contributed by atoms with van der Waals surface area (Å²) in [4.78, 5) is 8.55. The van der Waals surface area contributed by atoms with Crippen molar-refractivity contribution in [3.05, 3.63) is 10.8 Å². The largest absolute Gasteiger partial charge is 0.369 e. The van der Waals surface area contributed by atoms with Crippen molar-refractivity contribution >= 4 is 27.6 Å². The Labute approximate surface area is 117 Å². The molecule has 0 saturated heterocycles. The average Bonchev–Trinajstić information content (AvgIpc) is 3.17. The fraction of sp³-hybridized carbons (Fsp3) is 0.692. The van der Waals surface area contributed by atoms with Crippen LogP contribution < -0.4 is 10.6 Å². The maximum Gasteiger partial charge on any atom is 0.145 e. The van der Waals surface area contributed by atoms with Gasteiger partial charge in [-0.3, -0.25) is 0 Å². The summed E-state index contributed by atoms with van der Waals surface area (Å²) in [7, 11) is 0. The lowest BCUT2D eigenvalue weighted by molar-refractivity contribution is 0.520. The third-order valence-corrected chi connectivity index (χ3v) is 4.42. The predicted molar refractivity (Wildman–Crippen MR) is 79.0 cm³/mol. The van der Waals surface area contributed by atoms with E-state index >= 15 is 0 Å². The molecule has 0 radical (unpaired) electrons.